The highest BCUT2D eigenvalue weighted by molar-refractivity contribution is 7.11. The van der Waals surface area contributed by atoms with Gasteiger partial charge in [0, 0.05) is 15.5 Å². The Morgan fingerprint density at radius 3 is 2.74 bits per heavy atom. The molecule has 1 atom stereocenters. The summed E-state index contributed by atoms with van der Waals surface area (Å²) in [4.78, 5) is 33.3. The van der Waals surface area contributed by atoms with E-state index in [0.29, 0.717) is 43.4 Å². The van der Waals surface area contributed by atoms with Crippen molar-refractivity contribution in [1.82, 2.24) is 4.57 Å². The molecule has 2 aromatic heterocycles. The van der Waals surface area contributed by atoms with E-state index in [4.69, 9.17) is 26.1 Å². The number of thiazole rings is 1. The predicted molar refractivity (Wildman–Crippen MR) is 137 cm³/mol. The zero-order chi connectivity index (χ0) is 24.4. The molecule has 3 heterocycles. The molecule has 6 nitrogen and oxygen atoms in total. The minimum atomic E-state index is -0.767. The summed E-state index contributed by atoms with van der Waals surface area (Å²) in [6, 6.07) is 6.45. The van der Waals surface area contributed by atoms with E-state index in [0.717, 1.165) is 16.9 Å². The Morgan fingerprint density at radius 2 is 2.09 bits per heavy atom. The Kier molecular flexibility index (Phi) is 7.40. The number of nitrogens with zero attached hydrogens (tertiary/aromatic N) is 2. The van der Waals surface area contributed by atoms with Crippen LogP contribution in [0.25, 0.3) is 6.08 Å². The molecule has 0 N–H and O–H groups in total. The molecule has 3 aromatic rings. The number of hydrogen-bond donors (Lipinski definition) is 0. The van der Waals surface area contributed by atoms with E-state index in [1.807, 2.05) is 31.4 Å². The number of esters is 1. The number of halogens is 1. The lowest BCUT2D eigenvalue weighted by atomic mass is 9.93. The predicted octanol–water partition coefficient (Wildman–Crippen LogP) is 4.61. The number of fused-ring (bicyclic) bond motifs is 1. The molecule has 1 aromatic carbocycles. The third kappa shape index (κ3) is 4.50. The third-order valence-corrected chi connectivity index (χ3v) is 7.73. The highest BCUT2D eigenvalue weighted by Crippen LogP contribution is 2.38. The molecule has 0 amide bonds. The Hall–Kier alpha value is -2.68. The van der Waals surface area contributed by atoms with Crippen LogP contribution in [0, 0.1) is 6.92 Å². The fraction of sp³-hybridized carbons (Fsp3) is 0.320. The molecule has 178 valence electrons. The first kappa shape index (κ1) is 24.4. The molecule has 0 saturated heterocycles. The molecule has 4 rings (SSSR count). The van der Waals surface area contributed by atoms with E-state index >= 15 is 0 Å². The van der Waals surface area contributed by atoms with Gasteiger partial charge in [0.05, 0.1) is 29.5 Å². The highest BCUT2D eigenvalue weighted by Gasteiger charge is 2.36. The summed E-state index contributed by atoms with van der Waals surface area (Å²) < 4.78 is 13.2. The van der Waals surface area contributed by atoms with Crippen LogP contribution in [0.15, 0.2) is 50.7 Å². The summed E-state index contributed by atoms with van der Waals surface area (Å²) in [5.74, 6) is 0.0303. The van der Waals surface area contributed by atoms with Gasteiger partial charge in [-0.2, -0.15) is 0 Å². The molecular formula is C25H25ClN2O4S2. The minimum Gasteiger partial charge on any atom is -0.496 e. The number of rotatable bonds is 7. The summed E-state index contributed by atoms with van der Waals surface area (Å²) >= 11 is 9.25. The van der Waals surface area contributed by atoms with Crippen molar-refractivity contribution in [3.05, 3.63) is 81.6 Å². The van der Waals surface area contributed by atoms with Crippen LogP contribution in [0.2, 0.25) is 5.02 Å². The molecule has 0 spiro atoms. The zero-order valence-electron chi connectivity index (χ0n) is 19.4. The molecule has 0 saturated carbocycles. The maximum absolute atomic E-state index is 13.7. The van der Waals surface area contributed by atoms with Crippen LogP contribution in [-0.2, 0) is 9.53 Å². The van der Waals surface area contributed by atoms with Gasteiger partial charge in [0.25, 0.3) is 5.56 Å². The second-order valence-electron chi connectivity index (χ2n) is 7.77. The molecule has 1 aliphatic heterocycles. The van der Waals surface area contributed by atoms with Crippen molar-refractivity contribution in [2.24, 2.45) is 4.99 Å². The highest BCUT2D eigenvalue weighted by atomic mass is 35.5. The van der Waals surface area contributed by atoms with E-state index in [9.17, 15) is 9.59 Å². The number of aromatic nitrogens is 1. The number of allylic oxidation sites excluding steroid dienone is 1. The Balaban J connectivity index is 2.07. The van der Waals surface area contributed by atoms with Crippen molar-refractivity contribution in [2.75, 3.05) is 13.7 Å². The fourth-order valence-corrected chi connectivity index (χ4v) is 6.10. The van der Waals surface area contributed by atoms with Crippen molar-refractivity contribution in [1.29, 1.82) is 0 Å². The number of aryl methyl sites for hydroxylation is 1. The van der Waals surface area contributed by atoms with Crippen LogP contribution in [0.3, 0.4) is 0 Å². The van der Waals surface area contributed by atoms with Gasteiger partial charge >= 0.3 is 5.97 Å². The largest absolute Gasteiger partial charge is 0.496 e. The second kappa shape index (κ2) is 10.3. The van der Waals surface area contributed by atoms with Crippen LogP contribution in [-0.4, -0.2) is 24.3 Å². The summed E-state index contributed by atoms with van der Waals surface area (Å²) in [5, 5.41) is 2.47. The third-order valence-electron chi connectivity index (χ3n) is 5.54. The minimum absolute atomic E-state index is 0.212. The fourth-order valence-electron chi connectivity index (χ4n) is 3.99. The van der Waals surface area contributed by atoms with Crippen molar-refractivity contribution in [3.8, 4) is 5.75 Å². The lowest BCUT2D eigenvalue weighted by Gasteiger charge is -2.27. The maximum atomic E-state index is 13.7. The van der Waals surface area contributed by atoms with E-state index in [2.05, 4.69) is 0 Å². The van der Waals surface area contributed by atoms with Crippen LogP contribution < -0.4 is 19.6 Å². The number of hydrogen-bond acceptors (Lipinski definition) is 7. The lowest BCUT2D eigenvalue weighted by Crippen LogP contribution is -2.40. The normalized spacial score (nSPS) is 15.8. The number of thiophene rings is 1. The SMILES string of the molecule is CCCC1=C(C(=O)OCC)[C@H](c2cc(Cl)ccc2OC)n2c(s/c(=C/c3sccc3C)c2=O)=N1. The smallest absolute Gasteiger partial charge is 0.338 e. The Morgan fingerprint density at radius 1 is 1.29 bits per heavy atom. The average molecular weight is 517 g/mol. The number of ether oxygens (including phenoxy) is 2. The zero-order valence-corrected chi connectivity index (χ0v) is 21.8. The van der Waals surface area contributed by atoms with Gasteiger partial charge in [-0.25, -0.2) is 9.79 Å². The van der Waals surface area contributed by atoms with Gasteiger partial charge in [0.1, 0.15) is 11.8 Å². The second-order valence-corrected chi connectivity index (χ2v) is 10.2. The van der Waals surface area contributed by atoms with Gasteiger partial charge in [-0.15, -0.1) is 11.3 Å². The lowest BCUT2D eigenvalue weighted by molar-refractivity contribution is -0.139. The molecule has 0 bridgehead atoms. The Bertz CT molecular complexity index is 1450. The molecular weight excluding hydrogens is 492 g/mol. The van der Waals surface area contributed by atoms with E-state index < -0.39 is 12.0 Å². The van der Waals surface area contributed by atoms with Crippen LogP contribution in [0.4, 0.5) is 0 Å². The molecule has 9 heteroatoms. The average Bonchev–Trinajstić information content (AvgIpc) is 3.35. The maximum Gasteiger partial charge on any atom is 0.338 e. The standard InChI is InChI=1S/C25H25ClN2O4S2/c1-5-7-17-21(24(30)32-6-2)22(16-12-15(26)8-9-18(16)31-4)28-23(29)20(34-25(28)27-17)13-19-14(3)10-11-33-19/h8-13,22H,5-7H2,1-4H3/b20-13+/t22-/m0/s1. The monoisotopic (exact) mass is 516 g/mol. The first-order valence-corrected chi connectivity index (χ1v) is 13.1. The number of carbonyl (C=O) groups excluding carboxylic acids is 1. The van der Waals surface area contributed by atoms with Crippen LogP contribution in [0.1, 0.15) is 48.7 Å². The first-order valence-electron chi connectivity index (χ1n) is 11.0. The summed E-state index contributed by atoms with van der Waals surface area (Å²) in [6.45, 7) is 6.00. The van der Waals surface area contributed by atoms with Crippen molar-refractivity contribution < 1.29 is 14.3 Å². The number of benzene rings is 1. The Labute approximate surface area is 210 Å². The molecule has 0 aliphatic carbocycles. The van der Waals surface area contributed by atoms with Gasteiger partial charge in [-0.1, -0.05) is 36.3 Å². The summed E-state index contributed by atoms with van der Waals surface area (Å²) in [6.07, 6.45) is 3.25. The van der Waals surface area contributed by atoms with E-state index in [1.54, 1.807) is 48.1 Å². The quantitative estimate of drug-likeness (QED) is 0.430. The molecule has 1 aliphatic rings. The van der Waals surface area contributed by atoms with Gasteiger partial charge in [-0.3, -0.25) is 9.36 Å². The van der Waals surface area contributed by atoms with E-state index in [1.165, 1.54) is 11.3 Å². The van der Waals surface area contributed by atoms with Crippen LogP contribution in [0.5, 0.6) is 5.75 Å². The topological polar surface area (TPSA) is 69.9 Å². The molecule has 0 radical (unpaired) electrons. The van der Waals surface area contributed by atoms with Gasteiger partial charge in [-0.05, 0) is 61.6 Å². The van der Waals surface area contributed by atoms with Crippen molar-refractivity contribution in [3.63, 3.8) is 0 Å². The van der Waals surface area contributed by atoms with E-state index in [-0.39, 0.29) is 12.2 Å². The number of methoxy groups -OCH3 is 1. The molecule has 34 heavy (non-hydrogen) atoms. The molecule has 0 fully saturated rings. The number of carbonyl (C=O) groups is 1. The summed E-state index contributed by atoms with van der Waals surface area (Å²) in [7, 11) is 1.55. The first-order chi connectivity index (χ1) is 16.4. The van der Waals surface area contributed by atoms with Gasteiger partial charge < -0.3 is 9.47 Å². The molecule has 0 unspecified atom stereocenters. The van der Waals surface area contributed by atoms with Crippen LogP contribution >= 0.6 is 34.3 Å². The van der Waals surface area contributed by atoms with Gasteiger partial charge in [0.2, 0.25) is 0 Å². The summed E-state index contributed by atoms with van der Waals surface area (Å²) in [5.41, 5.74) is 2.45. The van der Waals surface area contributed by atoms with Crippen molar-refractivity contribution in [2.45, 2.75) is 39.7 Å². The van der Waals surface area contributed by atoms with Gasteiger partial charge in [0.15, 0.2) is 4.80 Å². The van der Waals surface area contributed by atoms with Crippen molar-refractivity contribution >= 4 is 46.3 Å².